The lowest BCUT2D eigenvalue weighted by atomic mass is 10.2. The van der Waals surface area contributed by atoms with Crippen LogP contribution in [-0.4, -0.2) is 43.5 Å². The summed E-state index contributed by atoms with van der Waals surface area (Å²) in [6, 6.07) is 11.5. The average molecular weight is 488 g/mol. The monoisotopic (exact) mass is 488 g/mol. The van der Waals surface area contributed by atoms with Crippen molar-refractivity contribution in [1.29, 1.82) is 0 Å². The van der Waals surface area contributed by atoms with Gasteiger partial charge in [-0.2, -0.15) is 5.10 Å². The summed E-state index contributed by atoms with van der Waals surface area (Å²) in [5.41, 5.74) is 1.44. The van der Waals surface area contributed by atoms with E-state index in [2.05, 4.69) is 15.4 Å². The Morgan fingerprint density at radius 2 is 2.06 bits per heavy atom. The van der Waals surface area contributed by atoms with Gasteiger partial charge in [0.1, 0.15) is 11.7 Å². The molecule has 182 valence electrons. The van der Waals surface area contributed by atoms with Gasteiger partial charge in [-0.3, -0.25) is 24.3 Å². The van der Waals surface area contributed by atoms with E-state index in [-0.39, 0.29) is 37.0 Å². The van der Waals surface area contributed by atoms with Crippen LogP contribution in [0.15, 0.2) is 65.9 Å². The second-order valence-electron chi connectivity index (χ2n) is 7.95. The highest BCUT2D eigenvalue weighted by atomic mass is 16.7. The Labute approximate surface area is 203 Å². The molecule has 0 unspecified atom stereocenters. The minimum Gasteiger partial charge on any atom is -0.454 e. The number of rotatable bonds is 8. The Bertz CT molecular complexity index is 1560. The molecule has 1 aliphatic heterocycles. The Hall–Kier alpha value is -5.00. The number of nitrogens with zero attached hydrogens (tertiary/aromatic N) is 5. The maximum absolute atomic E-state index is 12.9. The smallest absolute Gasteiger partial charge is 0.269 e. The molecule has 2 aromatic carbocycles. The quantitative estimate of drug-likeness (QED) is 0.226. The second-order valence-corrected chi connectivity index (χ2v) is 7.95. The summed E-state index contributed by atoms with van der Waals surface area (Å²) in [5.74, 6) is 1.03. The highest BCUT2D eigenvalue weighted by Gasteiger charge is 2.13. The van der Waals surface area contributed by atoms with Gasteiger partial charge in [0.25, 0.3) is 11.2 Å². The van der Waals surface area contributed by atoms with Crippen LogP contribution >= 0.6 is 0 Å². The number of ether oxygens (including phenoxy) is 2. The third kappa shape index (κ3) is 4.78. The minimum absolute atomic E-state index is 0.0461. The van der Waals surface area contributed by atoms with Crippen molar-refractivity contribution >= 4 is 28.7 Å². The molecule has 1 N–H and O–H groups in total. The molecule has 0 aliphatic carbocycles. The molecule has 0 saturated carbocycles. The van der Waals surface area contributed by atoms with E-state index < -0.39 is 4.92 Å². The number of hydrogen-bond acceptors (Lipinski definition) is 8. The first-order valence-electron chi connectivity index (χ1n) is 11.0. The highest BCUT2D eigenvalue weighted by molar-refractivity contribution is 5.91. The number of nitrogens with one attached hydrogen (secondary N) is 1. The number of nitro benzene ring substituents is 1. The first-order chi connectivity index (χ1) is 17.5. The highest BCUT2D eigenvalue weighted by Crippen LogP contribution is 2.32. The normalized spacial score (nSPS) is 12.3. The summed E-state index contributed by atoms with van der Waals surface area (Å²) >= 11 is 0. The fourth-order valence-electron chi connectivity index (χ4n) is 3.77. The van der Waals surface area contributed by atoms with Gasteiger partial charge in [0, 0.05) is 24.8 Å². The van der Waals surface area contributed by atoms with Gasteiger partial charge in [-0.15, -0.1) is 0 Å². The third-order valence-corrected chi connectivity index (χ3v) is 5.54. The Kier molecular flexibility index (Phi) is 6.14. The van der Waals surface area contributed by atoms with Crippen LogP contribution < -0.4 is 20.3 Å². The van der Waals surface area contributed by atoms with Crippen molar-refractivity contribution in [2.75, 3.05) is 13.3 Å². The van der Waals surface area contributed by atoms with E-state index in [0.717, 1.165) is 5.56 Å². The number of aromatic nitrogens is 4. The molecule has 0 bridgehead atoms. The molecule has 0 atom stereocenters. The van der Waals surface area contributed by atoms with E-state index >= 15 is 0 Å². The Balaban J connectivity index is 1.21. The molecule has 1 amide bonds. The van der Waals surface area contributed by atoms with Gasteiger partial charge in [-0.1, -0.05) is 18.2 Å². The maximum atomic E-state index is 12.9. The number of benzene rings is 2. The van der Waals surface area contributed by atoms with E-state index in [1.54, 1.807) is 30.3 Å². The van der Waals surface area contributed by atoms with E-state index in [0.29, 0.717) is 34.6 Å². The molecule has 36 heavy (non-hydrogen) atoms. The predicted octanol–water partition coefficient (Wildman–Crippen LogP) is 2.11. The molecular formula is C24H20N6O6. The predicted molar refractivity (Wildman–Crippen MR) is 129 cm³/mol. The molecular weight excluding hydrogens is 468 g/mol. The fraction of sp³-hybridized carbons (Fsp3) is 0.167. The summed E-state index contributed by atoms with van der Waals surface area (Å²) in [6.07, 6.45) is 5.90. The second kappa shape index (κ2) is 9.70. The topological polar surface area (TPSA) is 143 Å². The summed E-state index contributed by atoms with van der Waals surface area (Å²) < 4.78 is 13.5. The van der Waals surface area contributed by atoms with Gasteiger partial charge in [0.05, 0.1) is 24.2 Å². The van der Waals surface area contributed by atoms with Crippen molar-refractivity contribution in [2.45, 2.75) is 13.1 Å². The summed E-state index contributed by atoms with van der Waals surface area (Å²) in [7, 11) is 0. The molecule has 2 aromatic heterocycles. The van der Waals surface area contributed by atoms with Crippen molar-refractivity contribution in [1.82, 2.24) is 24.6 Å². The SMILES string of the molecule is O=C(/C=C/c1ccc2c(c1)OCO2)NCCn1ncc2c(=O)n(Cc3cccc([N+](=O)[O-])c3)cnc21. The van der Waals surface area contributed by atoms with Crippen molar-refractivity contribution in [3.8, 4) is 11.5 Å². The first kappa shape index (κ1) is 22.8. The minimum atomic E-state index is -0.482. The molecule has 0 spiro atoms. The van der Waals surface area contributed by atoms with Crippen molar-refractivity contribution < 1.29 is 19.2 Å². The van der Waals surface area contributed by atoms with Gasteiger partial charge >= 0.3 is 0 Å². The van der Waals surface area contributed by atoms with E-state index in [9.17, 15) is 19.7 Å². The van der Waals surface area contributed by atoms with Crippen LogP contribution in [0.25, 0.3) is 17.1 Å². The molecule has 0 radical (unpaired) electrons. The van der Waals surface area contributed by atoms with Crippen LogP contribution in [0.2, 0.25) is 0 Å². The average Bonchev–Trinajstić information content (AvgIpc) is 3.52. The summed E-state index contributed by atoms with van der Waals surface area (Å²) in [5, 5.41) is 18.3. The molecule has 3 heterocycles. The lowest BCUT2D eigenvalue weighted by Crippen LogP contribution is -2.26. The maximum Gasteiger partial charge on any atom is 0.269 e. The number of nitro groups is 1. The molecule has 0 saturated heterocycles. The zero-order chi connectivity index (χ0) is 25.1. The van der Waals surface area contributed by atoms with Crippen LogP contribution in [0, 0.1) is 10.1 Å². The summed E-state index contributed by atoms with van der Waals surface area (Å²) in [4.78, 5) is 39.9. The number of fused-ring (bicyclic) bond motifs is 2. The molecule has 5 rings (SSSR count). The number of carbonyl (C=O) groups excluding carboxylic acids is 1. The van der Waals surface area contributed by atoms with Crippen molar-refractivity contribution in [3.05, 3.63) is 92.7 Å². The standard InChI is InChI=1S/C24H20N6O6/c31-22(7-5-16-4-6-20-21(11-16)36-15-35-20)25-8-9-29-23-19(12-27-29)24(32)28(14-26-23)13-17-2-1-3-18(10-17)30(33)34/h1-7,10-12,14H,8-9,13,15H2,(H,25,31)/b7-5+. The Morgan fingerprint density at radius 3 is 2.92 bits per heavy atom. The van der Waals surface area contributed by atoms with E-state index in [1.165, 1.54) is 40.0 Å². The third-order valence-electron chi connectivity index (χ3n) is 5.54. The van der Waals surface area contributed by atoms with Gasteiger partial charge in [0.2, 0.25) is 12.7 Å². The van der Waals surface area contributed by atoms with Crippen LogP contribution in [0.3, 0.4) is 0 Å². The van der Waals surface area contributed by atoms with Crippen LogP contribution in [-0.2, 0) is 17.9 Å². The molecule has 12 nitrogen and oxygen atoms in total. The number of carbonyl (C=O) groups is 1. The lowest BCUT2D eigenvalue weighted by Gasteiger charge is -2.07. The van der Waals surface area contributed by atoms with Crippen LogP contribution in [0.5, 0.6) is 11.5 Å². The zero-order valence-corrected chi connectivity index (χ0v) is 18.9. The fourth-order valence-corrected chi connectivity index (χ4v) is 3.77. The lowest BCUT2D eigenvalue weighted by molar-refractivity contribution is -0.384. The summed E-state index contributed by atoms with van der Waals surface area (Å²) in [6.45, 7) is 0.917. The van der Waals surface area contributed by atoms with Crippen molar-refractivity contribution in [3.63, 3.8) is 0 Å². The van der Waals surface area contributed by atoms with Crippen molar-refractivity contribution in [2.24, 2.45) is 0 Å². The van der Waals surface area contributed by atoms with Crippen LogP contribution in [0.4, 0.5) is 5.69 Å². The van der Waals surface area contributed by atoms with Gasteiger partial charge < -0.3 is 14.8 Å². The number of non-ortho nitro benzene ring substituents is 1. The molecule has 1 aliphatic rings. The largest absolute Gasteiger partial charge is 0.454 e. The van der Waals surface area contributed by atoms with Gasteiger partial charge in [0.15, 0.2) is 17.1 Å². The van der Waals surface area contributed by atoms with E-state index in [1.807, 2.05) is 6.07 Å². The molecule has 0 fully saturated rings. The van der Waals surface area contributed by atoms with Gasteiger partial charge in [-0.25, -0.2) is 9.67 Å². The molecule has 4 aromatic rings. The first-order valence-corrected chi connectivity index (χ1v) is 11.0. The van der Waals surface area contributed by atoms with Crippen LogP contribution in [0.1, 0.15) is 11.1 Å². The number of amides is 1. The Morgan fingerprint density at radius 1 is 1.19 bits per heavy atom. The van der Waals surface area contributed by atoms with E-state index in [4.69, 9.17) is 9.47 Å². The van der Waals surface area contributed by atoms with Gasteiger partial charge in [-0.05, 0) is 29.3 Å². The molecule has 12 heteroatoms. The number of hydrogen-bond donors (Lipinski definition) is 1. The zero-order valence-electron chi connectivity index (χ0n) is 18.9.